The predicted molar refractivity (Wildman–Crippen MR) is 308 cm³/mol. The molecule has 25 heteroatoms. The Morgan fingerprint density at radius 1 is 0.683 bits per heavy atom. The number of unbranched alkanes of at least 4 members (excludes halogenated alkanes) is 6. The van der Waals surface area contributed by atoms with Gasteiger partial charge in [0, 0.05) is 68.5 Å². The standard InChI is InChI=1S/C57H82N14O11/c1-3-4-23-47(71(2)49(74)24-13-8-6-5-7-9-16-30-72)56(82)68-44(27-28-50(75)76)54(80)70-46(32-39-34-61-36-65-39)55(81)67-43(26-25-37-18-11-10-12-19-37)53(79)66-42(22-17-29-62-57(59)60)52(78)69-45(51(77)64-35-48(58)73)31-38-33-63-41-21-15-14-20-40(38)41/h10-15,18-21,24,33-34,36,42-47,63,72H,3-9,16-17,22-23,25-32,35H2,1-2H3,(H2,58,73)(H,61,65)(H,64,77)(H,66,79)(H,67,81)(H,68,82)(H,69,78)(H,70,80)(H,75,76)(H4,59,60,62)/b24-13+/t42-,43+,44-,45-,46-,47-/m0/s1. The minimum atomic E-state index is -1.51. The van der Waals surface area contributed by atoms with Crippen LogP contribution in [0.15, 0.2) is 90.5 Å². The van der Waals surface area contributed by atoms with Crippen molar-refractivity contribution in [2.75, 3.05) is 26.7 Å². The molecule has 446 valence electrons. The Labute approximate surface area is 477 Å². The molecule has 4 aromatic rings. The number of aromatic nitrogens is 3. The third-order valence-electron chi connectivity index (χ3n) is 13.6. The molecular weight excluding hydrogens is 1060 g/mol. The van der Waals surface area contributed by atoms with Crippen molar-refractivity contribution in [1.82, 2.24) is 51.8 Å². The van der Waals surface area contributed by atoms with Crippen molar-refractivity contribution in [3.05, 3.63) is 102 Å². The van der Waals surface area contributed by atoms with Crippen LogP contribution >= 0.6 is 0 Å². The van der Waals surface area contributed by atoms with Gasteiger partial charge in [0.15, 0.2) is 5.96 Å². The molecule has 2 aromatic heterocycles. The van der Waals surface area contributed by atoms with Crippen molar-refractivity contribution < 1.29 is 53.4 Å². The maximum atomic E-state index is 14.7. The van der Waals surface area contributed by atoms with E-state index in [0.29, 0.717) is 30.5 Å². The summed E-state index contributed by atoms with van der Waals surface area (Å²) in [4.78, 5) is 139. The summed E-state index contributed by atoms with van der Waals surface area (Å²) in [5.41, 5.74) is 19.1. The first kappa shape index (κ1) is 65.9. The van der Waals surface area contributed by atoms with Crippen LogP contribution in [-0.4, -0.2) is 152 Å². The Morgan fingerprint density at radius 2 is 1.29 bits per heavy atom. The second-order valence-electron chi connectivity index (χ2n) is 20.0. The Balaban J connectivity index is 1.63. The molecule has 82 heavy (non-hydrogen) atoms. The van der Waals surface area contributed by atoms with Crippen LogP contribution in [0.1, 0.15) is 114 Å². The molecule has 2 heterocycles. The number of benzene rings is 2. The van der Waals surface area contributed by atoms with E-state index >= 15 is 0 Å². The number of rotatable bonds is 39. The third kappa shape index (κ3) is 23.6. The minimum Gasteiger partial charge on any atom is -0.481 e. The lowest BCUT2D eigenvalue weighted by Crippen LogP contribution is -2.60. The van der Waals surface area contributed by atoms with E-state index in [2.05, 4.69) is 51.8 Å². The number of guanidine groups is 1. The smallest absolute Gasteiger partial charge is 0.303 e. The highest BCUT2D eigenvalue weighted by Gasteiger charge is 2.35. The number of hydrogen-bond donors (Lipinski definition) is 13. The lowest BCUT2D eigenvalue weighted by Gasteiger charge is -2.29. The van der Waals surface area contributed by atoms with Crippen molar-refractivity contribution in [2.24, 2.45) is 22.2 Å². The normalized spacial score (nSPS) is 13.4. The molecule has 25 nitrogen and oxygen atoms in total. The lowest BCUT2D eigenvalue weighted by atomic mass is 10.0. The maximum absolute atomic E-state index is 14.7. The van der Waals surface area contributed by atoms with Gasteiger partial charge in [-0.05, 0) is 81.1 Å². The first-order chi connectivity index (χ1) is 39.4. The van der Waals surface area contributed by atoms with Crippen LogP contribution in [0.5, 0.6) is 0 Å². The molecule has 0 unspecified atom stereocenters. The van der Waals surface area contributed by atoms with E-state index in [1.54, 1.807) is 24.4 Å². The van der Waals surface area contributed by atoms with Gasteiger partial charge in [-0.15, -0.1) is 0 Å². The van der Waals surface area contributed by atoms with Gasteiger partial charge >= 0.3 is 5.97 Å². The predicted octanol–water partition coefficient (Wildman–Crippen LogP) is 1.16. The number of aliphatic hydroxyl groups excluding tert-OH is 1. The molecule has 0 saturated heterocycles. The summed E-state index contributed by atoms with van der Waals surface area (Å²) in [6, 6.07) is 8.29. The Morgan fingerprint density at radius 3 is 1.94 bits per heavy atom. The van der Waals surface area contributed by atoms with Gasteiger partial charge in [-0.3, -0.25) is 48.1 Å². The molecule has 0 aliphatic heterocycles. The van der Waals surface area contributed by atoms with Crippen LogP contribution in [0.3, 0.4) is 0 Å². The number of carbonyl (C=O) groups is 9. The molecular formula is C57H82N14O11. The quantitative estimate of drug-likeness (QED) is 0.0129. The number of imidazole rings is 1. The molecule has 6 atom stereocenters. The summed E-state index contributed by atoms with van der Waals surface area (Å²) < 4.78 is 0. The van der Waals surface area contributed by atoms with Gasteiger partial charge in [-0.2, -0.15) is 0 Å². The van der Waals surface area contributed by atoms with E-state index in [1.807, 2.05) is 49.4 Å². The van der Waals surface area contributed by atoms with E-state index in [1.165, 1.54) is 30.5 Å². The van der Waals surface area contributed by atoms with Gasteiger partial charge in [0.25, 0.3) is 0 Å². The van der Waals surface area contributed by atoms with Crippen molar-refractivity contribution in [2.45, 2.75) is 152 Å². The molecule has 0 fully saturated rings. The summed E-state index contributed by atoms with van der Waals surface area (Å²) in [7, 11) is 1.47. The summed E-state index contributed by atoms with van der Waals surface area (Å²) in [5.74, 6) is -7.62. The number of carboxylic acids is 1. The monoisotopic (exact) mass is 1140 g/mol. The highest BCUT2D eigenvalue weighted by atomic mass is 16.4. The topological polar surface area (TPSA) is 404 Å². The number of hydrogen-bond acceptors (Lipinski definition) is 12. The summed E-state index contributed by atoms with van der Waals surface area (Å²) in [6.07, 6.45) is 13.1. The number of allylic oxidation sites excluding steroid dienone is 1. The number of amides is 8. The van der Waals surface area contributed by atoms with E-state index in [9.17, 15) is 48.3 Å². The van der Waals surface area contributed by atoms with E-state index in [0.717, 1.165) is 48.6 Å². The molecule has 0 aliphatic rings. The molecule has 0 aliphatic carbocycles. The summed E-state index contributed by atoms with van der Waals surface area (Å²) in [6.45, 7) is 1.59. The number of aryl methyl sites for hydroxylation is 1. The number of aliphatic carboxylic acids is 1. The largest absolute Gasteiger partial charge is 0.481 e. The number of nitrogens with one attached hydrogen (secondary N) is 8. The highest BCUT2D eigenvalue weighted by molar-refractivity contribution is 5.98. The number of likely N-dealkylation sites (N-methyl/N-ethyl adjacent to an activating group) is 1. The number of aliphatic hydroxyl groups is 1. The number of aromatic amines is 2. The zero-order chi connectivity index (χ0) is 59.8. The maximum Gasteiger partial charge on any atom is 0.303 e. The number of carboxylic acid groups (broad SMARTS) is 1. The van der Waals surface area contributed by atoms with E-state index in [-0.39, 0.29) is 64.1 Å². The lowest BCUT2D eigenvalue weighted by molar-refractivity contribution is -0.140. The van der Waals surface area contributed by atoms with E-state index < -0.39 is 109 Å². The number of para-hydroxylation sites is 1. The molecule has 4 rings (SSSR count). The molecule has 16 N–H and O–H groups in total. The Bertz CT molecular complexity index is 2750. The minimum absolute atomic E-state index is 0.0311. The fraction of sp³-hybridized carbons (Fsp3) is 0.491. The van der Waals surface area contributed by atoms with Gasteiger partial charge in [0.1, 0.15) is 36.3 Å². The molecule has 8 amide bonds. The van der Waals surface area contributed by atoms with Crippen LogP contribution in [0, 0.1) is 0 Å². The van der Waals surface area contributed by atoms with Gasteiger partial charge in [-0.1, -0.05) is 93.6 Å². The first-order valence-electron chi connectivity index (χ1n) is 27.9. The molecule has 2 aromatic carbocycles. The Kier molecular flexibility index (Phi) is 28.8. The SMILES string of the molecule is CCCC[C@@H](C(=O)N[C@@H](CCC(=O)O)C(=O)N[C@@H](Cc1cnc[nH]1)C(=O)N[C@H](CCc1ccccc1)C(=O)N[C@@H](CCCN=C(N)N)C(=O)N[C@@H](Cc1c[nH]c2ccccc12)C(=O)NCC(N)=O)N(C)C(=O)/C=C/CCCCCCCO. The second-order valence-corrected chi connectivity index (χ2v) is 20.0. The highest BCUT2D eigenvalue weighted by Crippen LogP contribution is 2.20. The summed E-state index contributed by atoms with van der Waals surface area (Å²) in [5, 5.41) is 35.5. The van der Waals surface area contributed by atoms with Gasteiger partial charge in [-0.25, -0.2) is 4.98 Å². The third-order valence-corrected chi connectivity index (χ3v) is 13.6. The molecule has 0 spiro atoms. The zero-order valence-corrected chi connectivity index (χ0v) is 46.8. The first-order valence-corrected chi connectivity index (χ1v) is 27.9. The Hall–Kier alpha value is -8.61. The fourth-order valence-corrected chi connectivity index (χ4v) is 9.00. The average molecular weight is 1140 g/mol. The van der Waals surface area contributed by atoms with Gasteiger partial charge < -0.3 is 74.2 Å². The molecule has 0 saturated carbocycles. The van der Waals surface area contributed by atoms with Crippen molar-refractivity contribution in [3.8, 4) is 0 Å². The number of nitrogens with zero attached hydrogens (tertiary/aromatic N) is 3. The van der Waals surface area contributed by atoms with Crippen LogP contribution in [-0.2, 0) is 62.4 Å². The fourth-order valence-electron chi connectivity index (χ4n) is 9.00. The van der Waals surface area contributed by atoms with Crippen molar-refractivity contribution in [1.29, 1.82) is 0 Å². The van der Waals surface area contributed by atoms with Gasteiger partial charge in [0.2, 0.25) is 47.3 Å². The van der Waals surface area contributed by atoms with Crippen LogP contribution in [0.25, 0.3) is 10.9 Å². The van der Waals surface area contributed by atoms with Crippen LogP contribution in [0.4, 0.5) is 0 Å². The number of nitrogens with two attached hydrogens (primary N) is 3. The van der Waals surface area contributed by atoms with Crippen molar-refractivity contribution in [3.63, 3.8) is 0 Å². The molecule has 0 radical (unpaired) electrons. The van der Waals surface area contributed by atoms with Crippen molar-refractivity contribution >= 4 is 70.1 Å². The summed E-state index contributed by atoms with van der Waals surface area (Å²) >= 11 is 0. The van der Waals surface area contributed by atoms with Crippen LogP contribution in [0.2, 0.25) is 0 Å². The number of H-pyrrole nitrogens is 2. The number of primary amides is 1. The number of aliphatic imine (C=N–C) groups is 1. The molecule has 0 bridgehead atoms. The van der Waals surface area contributed by atoms with Crippen LogP contribution < -0.4 is 49.1 Å². The second kappa shape index (κ2) is 35.9. The van der Waals surface area contributed by atoms with Gasteiger partial charge in [0.05, 0.1) is 12.9 Å². The average Bonchev–Trinajstić information content (AvgIpc) is 4.32. The zero-order valence-electron chi connectivity index (χ0n) is 46.8. The number of carbonyl (C=O) groups excluding carboxylic acids is 8. The van der Waals surface area contributed by atoms with E-state index in [4.69, 9.17) is 22.3 Å². The number of fused-ring (bicyclic) bond motifs is 1.